The summed E-state index contributed by atoms with van der Waals surface area (Å²) in [5, 5.41) is 2.16. The van der Waals surface area contributed by atoms with Gasteiger partial charge >= 0.3 is 13.9 Å². The molecule has 1 heterocycles. The fraction of sp³-hybridized carbons (Fsp3) is 0.125. The fourth-order valence-corrected chi connectivity index (χ4v) is 2.25. The fourth-order valence-electron chi connectivity index (χ4n) is 1.98. The van der Waals surface area contributed by atoms with Crippen molar-refractivity contribution in [1.82, 2.24) is 10.2 Å². The number of phosphoric acid groups is 1. The van der Waals surface area contributed by atoms with Gasteiger partial charge in [0.25, 0.3) is 5.91 Å². The predicted octanol–water partition coefficient (Wildman–Crippen LogP) is 1.20. The average molecular weight is 410 g/mol. The molecule has 1 saturated heterocycles. The number of nitrogens with one attached hydrogen (secondary N) is 1. The van der Waals surface area contributed by atoms with Crippen molar-refractivity contribution in [2.24, 2.45) is 0 Å². The van der Waals surface area contributed by atoms with Crippen molar-refractivity contribution < 1.29 is 28.5 Å². The molecule has 0 saturated carbocycles. The number of hydrogen-bond acceptors (Lipinski definition) is 4. The molecule has 134 valence electrons. The third kappa shape index (κ3) is 9.49. The Balaban J connectivity index is 0.000000467. The minimum absolute atomic E-state index is 0. The van der Waals surface area contributed by atoms with Gasteiger partial charge < -0.3 is 15.1 Å². The van der Waals surface area contributed by atoms with Crippen molar-refractivity contribution in [3.05, 3.63) is 60.7 Å². The van der Waals surface area contributed by atoms with Gasteiger partial charge in [0.05, 0.1) is 6.54 Å². The van der Waals surface area contributed by atoms with Gasteiger partial charge in [0.15, 0.2) is 0 Å². The molecule has 0 bridgehead atoms. The molecule has 1 aliphatic rings. The van der Waals surface area contributed by atoms with Gasteiger partial charge in [0, 0.05) is 59.1 Å². The number of carbonyl (C=O) groups is 2. The van der Waals surface area contributed by atoms with Crippen LogP contribution in [-0.4, -0.2) is 99.0 Å². The van der Waals surface area contributed by atoms with Gasteiger partial charge in [0.2, 0.25) is 0 Å². The second kappa shape index (κ2) is 12.9. The molecule has 3 amide bonds. The number of hydrogen-bond donors (Lipinski definition) is 3. The second-order valence-electron chi connectivity index (χ2n) is 4.96. The van der Waals surface area contributed by atoms with Crippen LogP contribution in [0.15, 0.2) is 60.7 Å². The van der Waals surface area contributed by atoms with Gasteiger partial charge in [0.1, 0.15) is 6.73 Å². The van der Waals surface area contributed by atoms with Crippen molar-refractivity contribution in [2.75, 3.05) is 13.3 Å². The molecule has 0 unspecified atom stereocenters. The minimum Gasteiger partial charge on any atom is -0.328 e. The molecule has 1 aliphatic heterocycles. The Bertz CT molecular complexity index is 719. The van der Waals surface area contributed by atoms with Crippen LogP contribution >= 0.6 is 7.82 Å². The summed E-state index contributed by atoms with van der Waals surface area (Å²) in [6.07, 6.45) is 0. The van der Waals surface area contributed by atoms with E-state index < -0.39 is 26.5 Å². The SMILES string of the molecule is O=C1CNC(=O)N1COP(=O)(O)O.[Na].[Na].c1ccc(-c2ccccc2)cc1. The number of urea groups is 1. The zero-order valence-corrected chi connectivity index (χ0v) is 20.0. The standard InChI is InChI=1S/C12H10.C4H7N2O6P.2Na/c1-3-7-11(8-4-1)12-9-5-2-6-10-12;7-3-1-5-4(8)6(3)2-12-13(9,10)11;;/h1-10H;1-2H2,(H,5,8)(H2,9,10,11);;. The van der Waals surface area contributed by atoms with Crippen LogP contribution < -0.4 is 5.32 Å². The number of carbonyl (C=O) groups excluding carboxylic acids is 2. The van der Waals surface area contributed by atoms with Crippen molar-refractivity contribution >= 4 is 78.9 Å². The van der Waals surface area contributed by atoms with E-state index in [0.29, 0.717) is 4.90 Å². The predicted molar refractivity (Wildman–Crippen MR) is 102 cm³/mol. The molecule has 0 aliphatic carbocycles. The van der Waals surface area contributed by atoms with Crippen LogP contribution in [0, 0.1) is 0 Å². The maximum absolute atomic E-state index is 10.8. The Morgan fingerprint density at radius 2 is 1.37 bits per heavy atom. The number of nitrogens with zero attached hydrogens (tertiary/aromatic N) is 1. The molecule has 3 N–H and O–H groups in total. The van der Waals surface area contributed by atoms with E-state index in [4.69, 9.17) is 9.79 Å². The first kappa shape index (κ1) is 26.5. The normalized spacial score (nSPS) is 12.9. The molecule has 2 aromatic rings. The Kier molecular flexibility index (Phi) is 12.6. The monoisotopic (exact) mass is 410 g/mol. The molecule has 11 heteroatoms. The summed E-state index contributed by atoms with van der Waals surface area (Å²) in [7, 11) is -4.65. The van der Waals surface area contributed by atoms with Gasteiger partial charge in [-0.2, -0.15) is 0 Å². The Morgan fingerprint density at radius 3 is 1.70 bits per heavy atom. The van der Waals surface area contributed by atoms with E-state index in [9.17, 15) is 14.2 Å². The van der Waals surface area contributed by atoms with E-state index in [0.717, 1.165) is 0 Å². The number of imide groups is 1. The van der Waals surface area contributed by atoms with E-state index in [2.05, 4.69) is 58.4 Å². The van der Waals surface area contributed by atoms with E-state index in [1.165, 1.54) is 11.1 Å². The van der Waals surface area contributed by atoms with Crippen LogP contribution in [0.2, 0.25) is 0 Å². The molecule has 27 heavy (non-hydrogen) atoms. The Labute approximate surface area is 201 Å². The van der Waals surface area contributed by atoms with Gasteiger partial charge in [-0.3, -0.25) is 9.32 Å². The Hall–Kier alpha value is -0.510. The third-order valence-electron chi connectivity index (χ3n) is 3.17. The van der Waals surface area contributed by atoms with Gasteiger partial charge in [-0.15, -0.1) is 0 Å². The number of rotatable bonds is 4. The molecule has 1 fully saturated rings. The second-order valence-corrected chi connectivity index (χ2v) is 6.20. The summed E-state index contributed by atoms with van der Waals surface area (Å²) in [5.41, 5.74) is 2.55. The van der Waals surface area contributed by atoms with Crippen LogP contribution in [0.5, 0.6) is 0 Å². The van der Waals surface area contributed by atoms with E-state index in [1.807, 2.05) is 12.1 Å². The zero-order valence-electron chi connectivity index (χ0n) is 15.1. The molecule has 2 aromatic carbocycles. The van der Waals surface area contributed by atoms with Crippen molar-refractivity contribution in [3.63, 3.8) is 0 Å². The van der Waals surface area contributed by atoms with Crippen molar-refractivity contribution in [1.29, 1.82) is 0 Å². The largest absolute Gasteiger partial charge is 0.471 e. The molecule has 0 spiro atoms. The quantitative estimate of drug-likeness (QED) is 0.396. The summed E-state index contributed by atoms with van der Waals surface area (Å²) in [6, 6.07) is 20.1. The number of amides is 3. The summed E-state index contributed by atoms with van der Waals surface area (Å²) in [4.78, 5) is 38.7. The van der Waals surface area contributed by atoms with Crippen molar-refractivity contribution in [3.8, 4) is 11.1 Å². The smallest absolute Gasteiger partial charge is 0.328 e. The average Bonchev–Trinajstić information content (AvgIpc) is 2.93. The molecule has 8 nitrogen and oxygen atoms in total. The maximum Gasteiger partial charge on any atom is 0.471 e. The minimum atomic E-state index is -4.65. The third-order valence-corrected chi connectivity index (χ3v) is 3.62. The first-order valence-corrected chi connectivity index (χ1v) is 8.78. The van der Waals surface area contributed by atoms with Crippen LogP contribution in [0.25, 0.3) is 11.1 Å². The molecule has 2 radical (unpaired) electrons. The summed E-state index contributed by atoms with van der Waals surface area (Å²) < 4.78 is 14.2. The van der Waals surface area contributed by atoms with Crippen LogP contribution in [0.3, 0.4) is 0 Å². The van der Waals surface area contributed by atoms with E-state index in [-0.39, 0.29) is 65.7 Å². The van der Waals surface area contributed by atoms with Crippen molar-refractivity contribution in [2.45, 2.75) is 0 Å². The molecule has 0 atom stereocenters. The topological polar surface area (TPSA) is 116 Å². The number of benzene rings is 2. The zero-order chi connectivity index (χ0) is 18.3. The maximum atomic E-state index is 10.8. The van der Waals surface area contributed by atoms with Gasteiger partial charge in [-0.1, -0.05) is 60.7 Å². The van der Waals surface area contributed by atoms with Crippen LogP contribution in [0.1, 0.15) is 0 Å². The summed E-state index contributed by atoms with van der Waals surface area (Å²) in [5.74, 6) is -0.585. The Morgan fingerprint density at radius 1 is 0.926 bits per heavy atom. The molecular weight excluding hydrogens is 393 g/mol. The van der Waals surface area contributed by atoms with Crippen LogP contribution in [0.4, 0.5) is 4.79 Å². The van der Waals surface area contributed by atoms with Crippen LogP contribution in [-0.2, 0) is 13.9 Å². The molecule has 0 aromatic heterocycles. The van der Waals surface area contributed by atoms with Gasteiger partial charge in [-0.05, 0) is 11.1 Å². The van der Waals surface area contributed by atoms with E-state index >= 15 is 0 Å². The summed E-state index contributed by atoms with van der Waals surface area (Å²) >= 11 is 0. The first-order chi connectivity index (χ1) is 11.9. The first-order valence-electron chi connectivity index (χ1n) is 7.25. The number of phosphoric ester groups is 1. The molecule has 3 rings (SSSR count). The van der Waals surface area contributed by atoms with E-state index in [1.54, 1.807) is 0 Å². The molecular formula is C16H17N2Na2O6P. The van der Waals surface area contributed by atoms with Gasteiger partial charge in [-0.25, -0.2) is 14.3 Å². The summed E-state index contributed by atoms with van der Waals surface area (Å²) in [6.45, 7) is -0.918.